The minimum atomic E-state index is -0.931. The summed E-state index contributed by atoms with van der Waals surface area (Å²) in [6, 6.07) is 10.7. The van der Waals surface area contributed by atoms with E-state index < -0.39 is 23.8 Å². The fourth-order valence-electron chi connectivity index (χ4n) is 3.37. The lowest BCUT2D eigenvalue weighted by molar-refractivity contribution is -0.120. The fraction of sp³-hybridized carbons (Fsp3) is 0.318. The van der Waals surface area contributed by atoms with Crippen molar-refractivity contribution in [3.05, 3.63) is 53.6 Å². The molecular formula is C22H24N2O5. The summed E-state index contributed by atoms with van der Waals surface area (Å²) < 4.78 is 10.5. The van der Waals surface area contributed by atoms with E-state index in [9.17, 15) is 14.4 Å². The Balaban J connectivity index is 1.91. The number of imide groups is 1. The Bertz CT molecular complexity index is 897. The molecule has 3 amide bonds. The average molecular weight is 396 g/mol. The third-order valence-corrected chi connectivity index (χ3v) is 4.75. The largest absolute Gasteiger partial charge is 0.497 e. The number of amides is 3. The Morgan fingerprint density at radius 2 is 1.48 bits per heavy atom. The highest BCUT2D eigenvalue weighted by Gasteiger charge is 2.42. The van der Waals surface area contributed by atoms with Gasteiger partial charge in [-0.3, -0.25) is 19.3 Å². The molecule has 0 aliphatic carbocycles. The van der Waals surface area contributed by atoms with Crippen molar-refractivity contribution in [2.24, 2.45) is 5.92 Å². The lowest BCUT2D eigenvalue weighted by atomic mass is 10.0. The molecule has 1 atom stereocenters. The molecule has 1 heterocycles. The number of carbonyl (C=O) groups excluding carboxylic acids is 3. The number of ether oxygens (including phenoxy) is 2. The van der Waals surface area contributed by atoms with Crippen LogP contribution in [0.4, 0.5) is 5.69 Å². The maximum atomic E-state index is 13.1. The second-order valence-electron chi connectivity index (χ2n) is 7.26. The molecule has 0 unspecified atom stereocenters. The normalized spacial score (nSPS) is 14.0. The zero-order valence-electron chi connectivity index (χ0n) is 16.9. The predicted molar refractivity (Wildman–Crippen MR) is 108 cm³/mol. The molecule has 29 heavy (non-hydrogen) atoms. The number of methoxy groups -OCH3 is 2. The first-order chi connectivity index (χ1) is 13.8. The number of anilines is 1. The summed E-state index contributed by atoms with van der Waals surface area (Å²) in [5, 5.41) is 2.80. The second-order valence-corrected chi connectivity index (χ2v) is 7.26. The highest BCUT2D eigenvalue weighted by molar-refractivity contribution is 6.23. The molecule has 0 bridgehead atoms. The Morgan fingerprint density at radius 1 is 0.966 bits per heavy atom. The SMILES string of the molecule is COc1cc(NC(=O)[C@@H](CC(C)C)N2C(=O)c3ccccc3C2=O)cc(OC)c1. The monoisotopic (exact) mass is 396 g/mol. The van der Waals surface area contributed by atoms with Gasteiger partial charge in [0, 0.05) is 23.9 Å². The highest BCUT2D eigenvalue weighted by atomic mass is 16.5. The molecule has 0 radical (unpaired) electrons. The molecule has 0 fully saturated rings. The van der Waals surface area contributed by atoms with Gasteiger partial charge in [0.15, 0.2) is 0 Å². The Morgan fingerprint density at radius 3 is 1.93 bits per heavy atom. The minimum Gasteiger partial charge on any atom is -0.497 e. The fourth-order valence-corrected chi connectivity index (χ4v) is 3.37. The van der Waals surface area contributed by atoms with Crippen molar-refractivity contribution in [1.82, 2.24) is 4.90 Å². The molecule has 2 aromatic rings. The van der Waals surface area contributed by atoms with E-state index in [0.717, 1.165) is 4.90 Å². The van der Waals surface area contributed by atoms with E-state index in [1.165, 1.54) is 14.2 Å². The zero-order chi connectivity index (χ0) is 21.1. The van der Waals surface area contributed by atoms with Crippen LogP contribution in [0.5, 0.6) is 11.5 Å². The van der Waals surface area contributed by atoms with Gasteiger partial charge in [0.2, 0.25) is 5.91 Å². The summed E-state index contributed by atoms with van der Waals surface area (Å²) in [5.41, 5.74) is 1.10. The summed E-state index contributed by atoms with van der Waals surface area (Å²) in [5.74, 6) is -0.218. The average Bonchev–Trinajstić information content (AvgIpc) is 2.96. The van der Waals surface area contributed by atoms with E-state index >= 15 is 0 Å². The van der Waals surface area contributed by atoms with E-state index in [0.29, 0.717) is 34.7 Å². The van der Waals surface area contributed by atoms with Gasteiger partial charge < -0.3 is 14.8 Å². The van der Waals surface area contributed by atoms with Crippen LogP contribution in [0, 0.1) is 5.92 Å². The maximum absolute atomic E-state index is 13.1. The number of fused-ring (bicyclic) bond motifs is 1. The smallest absolute Gasteiger partial charge is 0.262 e. The predicted octanol–water partition coefficient (Wildman–Crippen LogP) is 3.35. The topological polar surface area (TPSA) is 84.9 Å². The van der Waals surface area contributed by atoms with E-state index in [-0.39, 0.29) is 5.92 Å². The van der Waals surface area contributed by atoms with Crippen molar-refractivity contribution in [2.45, 2.75) is 26.3 Å². The van der Waals surface area contributed by atoms with Crippen molar-refractivity contribution in [1.29, 1.82) is 0 Å². The molecule has 7 nitrogen and oxygen atoms in total. The number of hydrogen-bond acceptors (Lipinski definition) is 5. The summed E-state index contributed by atoms with van der Waals surface area (Å²) >= 11 is 0. The molecule has 152 valence electrons. The minimum absolute atomic E-state index is 0.0925. The zero-order valence-corrected chi connectivity index (χ0v) is 16.9. The van der Waals surface area contributed by atoms with Gasteiger partial charge in [-0.05, 0) is 24.5 Å². The maximum Gasteiger partial charge on any atom is 0.262 e. The van der Waals surface area contributed by atoms with Crippen molar-refractivity contribution in [2.75, 3.05) is 19.5 Å². The molecule has 1 aliphatic heterocycles. The Kier molecular flexibility index (Phi) is 5.87. The summed E-state index contributed by atoms with van der Waals surface area (Å²) in [6.45, 7) is 3.88. The molecule has 0 aromatic heterocycles. The van der Waals surface area contributed by atoms with Crippen LogP contribution in [0.25, 0.3) is 0 Å². The number of carbonyl (C=O) groups is 3. The number of benzene rings is 2. The van der Waals surface area contributed by atoms with Gasteiger partial charge in [0.1, 0.15) is 17.5 Å². The molecule has 3 rings (SSSR count). The number of hydrogen-bond donors (Lipinski definition) is 1. The van der Waals surface area contributed by atoms with Crippen LogP contribution in [0.3, 0.4) is 0 Å². The van der Waals surface area contributed by atoms with E-state index in [4.69, 9.17) is 9.47 Å². The molecule has 0 saturated heterocycles. The summed E-state index contributed by atoms with van der Waals surface area (Å²) in [6.07, 6.45) is 0.346. The molecule has 7 heteroatoms. The van der Waals surface area contributed by atoms with Gasteiger partial charge in [-0.2, -0.15) is 0 Å². The van der Waals surface area contributed by atoms with Gasteiger partial charge in [0.25, 0.3) is 11.8 Å². The number of rotatable bonds is 7. The molecule has 0 saturated carbocycles. The Labute approximate surface area is 169 Å². The van der Waals surface area contributed by atoms with Crippen LogP contribution in [-0.2, 0) is 4.79 Å². The highest BCUT2D eigenvalue weighted by Crippen LogP contribution is 2.29. The molecular weight excluding hydrogens is 372 g/mol. The molecule has 2 aromatic carbocycles. The van der Waals surface area contributed by atoms with Crippen LogP contribution in [0.1, 0.15) is 41.0 Å². The van der Waals surface area contributed by atoms with E-state index in [1.807, 2.05) is 13.8 Å². The third-order valence-electron chi connectivity index (χ3n) is 4.75. The van der Waals surface area contributed by atoms with Crippen molar-refractivity contribution in [3.8, 4) is 11.5 Å². The number of nitrogens with zero attached hydrogens (tertiary/aromatic N) is 1. The van der Waals surface area contributed by atoms with Gasteiger partial charge in [-0.15, -0.1) is 0 Å². The van der Waals surface area contributed by atoms with Crippen LogP contribution < -0.4 is 14.8 Å². The van der Waals surface area contributed by atoms with E-state index in [2.05, 4.69) is 5.32 Å². The second kappa shape index (κ2) is 8.34. The van der Waals surface area contributed by atoms with Gasteiger partial charge in [-0.25, -0.2) is 0 Å². The number of nitrogens with one attached hydrogen (secondary N) is 1. The lowest BCUT2D eigenvalue weighted by Crippen LogP contribution is -2.47. The first-order valence-electron chi connectivity index (χ1n) is 9.36. The molecule has 0 spiro atoms. The van der Waals surface area contributed by atoms with Gasteiger partial charge in [0.05, 0.1) is 25.3 Å². The Hall–Kier alpha value is -3.35. The van der Waals surface area contributed by atoms with Gasteiger partial charge >= 0.3 is 0 Å². The van der Waals surface area contributed by atoms with E-state index in [1.54, 1.807) is 42.5 Å². The molecule has 1 aliphatic rings. The first kappa shape index (κ1) is 20.4. The standard InChI is InChI=1S/C22H24N2O5/c1-13(2)9-19(24-21(26)17-7-5-6-8-18(17)22(24)27)20(25)23-14-10-15(28-3)12-16(11-14)29-4/h5-8,10-13,19H,9H2,1-4H3,(H,23,25)/t19-/m1/s1. The van der Waals surface area contributed by atoms with Crippen molar-refractivity contribution < 1.29 is 23.9 Å². The summed E-state index contributed by atoms with van der Waals surface area (Å²) in [7, 11) is 3.03. The third kappa shape index (κ3) is 4.08. The van der Waals surface area contributed by atoms with Crippen LogP contribution in [0.15, 0.2) is 42.5 Å². The first-order valence-corrected chi connectivity index (χ1v) is 9.36. The quantitative estimate of drug-likeness (QED) is 0.726. The van der Waals surface area contributed by atoms with Crippen molar-refractivity contribution >= 4 is 23.4 Å². The van der Waals surface area contributed by atoms with Crippen LogP contribution >= 0.6 is 0 Å². The van der Waals surface area contributed by atoms with Crippen LogP contribution in [0.2, 0.25) is 0 Å². The lowest BCUT2D eigenvalue weighted by Gasteiger charge is -2.27. The molecule has 1 N–H and O–H groups in total. The van der Waals surface area contributed by atoms with Crippen molar-refractivity contribution in [3.63, 3.8) is 0 Å². The summed E-state index contributed by atoms with van der Waals surface area (Å²) in [4.78, 5) is 40.0. The van der Waals surface area contributed by atoms with Gasteiger partial charge in [-0.1, -0.05) is 26.0 Å². The van der Waals surface area contributed by atoms with Crippen LogP contribution in [-0.4, -0.2) is 42.9 Å².